The Bertz CT molecular complexity index is 990. The molecule has 0 saturated heterocycles. The summed E-state index contributed by atoms with van der Waals surface area (Å²) in [6, 6.07) is 15.6. The summed E-state index contributed by atoms with van der Waals surface area (Å²) in [5.41, 5.74) is 1.59. The fourth-order valence-corrected chi connectivity index (χ4v) is 2.52. The fourth-order valence-electron chi connectivity index (χ4n) is 2.52. The fraction of sp³-hybridized carbons (Fsp3) is 0.130. The van der Waals surface area contributed by atoms with Crippen molar-refractivity contribution in [2.75, 3.05) is 13.2 Å². The van der Waals surface area contributed by atoms with Gasteiger partial charge in [-0.2, -0.15) is 0 Å². The highest BCUT2D eigenvalue weighted by Crippen LogP contribution is 2.24. The highest BCUT2D eigenvalue weighted by molar-refractivity contribution is 5.91. The molecule has 148 valence electrons. The Balaban J connectivity index is 1.47. The average Bonchev–Trinajstić information content (AvgIpc) is 2.73. The van der Waals surface area contributed by atoms with Gasteiger partial charge in [0.25, 0.3) is 0 Å². The molecule has 3 aromatic rings. The van der Waals surface area contributed by atoms with Crippen molar-refractivity contribution in [2.45, 2.75) is 6.92 Å². The molecule has 0 unspecified atom stereocenters. The summed E-state index contributed by atoms with van der Waals surface area (Å²) in [4.78, 5) is 15.8. The van der Waals surface area contributed by atoms with Crippen molar-refractivity contribution >= 4 is 12.0 Å². The number of nitrogens with zero attached hydrogens (tertiary/aromatic N) is 1. The van der Waals surface area contributed by atoms with Crippen LogP contribution in [0.5, 0.6) is 17.2 Å². The maximum Gasteiger partial charge on any atom is 0.244 e. The molecule has 0 aliphatic rings. The van der Waals surface area contributed by atoms with E-state index in [0.29, 0.717) is 24.5 Å². The Labute approximate surface area is 168 Å². The SMILES string of the molecule is Cc1ccccc1OCCNC(=O)/C=C/c1ccc(Oc2cccnc2)c(F)c1. The smallest absolute Gasteiger partial charge is 0.244 e. The predicted octanol–water partition coefficient (Wildman–Crippen LogP) is 4.53. The third kappa shape index (κ3) is 6.17. The van der Waals surface area contributed by atoms with Crippen LogP contribution in [0.4, 0.5) is 4.39 Å². The van der Waals surface area contributed by atoms with Crippen LogP contribution in [0, 0.1) is 12.7 Å². The third-order valence-electron chi connectivity index (χ3n) is 4.00. The van der Waals surface area contributed by atoms with Crippen molar-refractivity contribution in [2.24, 2.45) is 0 Å². The van der Waals surface area contributed by atoms with Crippen LogP contribution < -0.4 is 14.8 Å². The Morgan fingerprint density at radius 3 is 2.76 bits per heavy atom. The zero-order valence-corrected chi connectivity index (χ0v) is 16.0. The van der Waals surface area contributed by atoms with Crippen LogP contribution in [0.25, 0.3) is 6.08 Å². The second-order valence-electron chi connectivity index (χ2n) is 6.22. The molecular weight excluding hydrogens is 371 g/mol. The lowest BCUT2D eigenvalue weighted by Crippen LogP contribution is -2.26. The molecule has 2 aromatic carbocycles. The summed E-state index contributed by atoms with van der Waals surface area (Å²) < 4.78 is 25.3. The summed E-state index contributed by atoms with van der Waals surface area (Å²) >= 11 is 0. The lowest BCUT2D eigenvalue weighted by molar-refractivity contribution is -0.116. The van der Waals surface area contributed by atoms with Gasteiger partial charge in [0.15, 0.2) is 11.6 Å². The number of carbonyl (C=O) groups is 1. The van der Waals surface area contributed by atoms with E-state index < -0.39 is 5.82 Å². The van der Waals surface area contributed by atoms with Crippen molar-refractivity contribution in [1.82, 2.24) is 10.3 Å². The van der Waals surface area contributed by atoms with Crippen molar-refractivity contribution in [1.29, 1.82) is 0 Å². The Morgan fingerprint density at radius 1 is 1.14 bits per heavy atom. The van der Waals surface area contributed by atoms with E-state index in [1.54, 1.807) is 24.4 Å². The van der Waals surface area contributed by atoms with E-state index in [4.69, 9.17) is 9.47 Å². The number of ether oxygens (including phenoxy) is 2. The van der Waals surface area contributed by atoms with Crippen LogP contribution in [-0.2, 0) is 4.79 Å². The van der Waals surface area contributed by atoms with Crippen molar-refractivity contribution in [3.63, 3.8) is 0 Å². The minimum Gasteiger partial charge on any atom is -0.491 e. The van der Waals surface area contributed by atoms with Gasteiger partial charge in [-0.05, 0) is 54.5 Å². The number of para-hydroxylation sites is 1. The molecular formula is C23H21FN2O3. The molecule has 29 heavy (non-hydrogen) atoms. The monoisotopic (exact) mass is 392 g/mol. The van der Waals surface area contributed by atoms with Gasteiger partial charge >= 0.3 is 0 Å². The molecule has 0 fully saturated rings. The van der Waals surface area contributed by atoms with Crippen LogP contribution in [-0.4, -0.2) is 24.0 Å². The van der Waals surface area contributed by atoms with E-state index >= 15 is 0 Å². The van der Waals surface area contributed by atoms with Crippen LogP contribution in [0.3, 0.4) is 0 Å². The number of aromatic nitrogens is 1. The quantitative estimate of drug-likeness (QED) is 0.452. The van der Waals surface area contributed by atoms with E-state index in [1.165, 1.54) is 30.5 Å². The first-order valence-corrected chi connectivity index (χ1v) is 9.13. The number of halogens is 1. The molecule has 0 aliphatic carbocycles. The molecule has 3 rings (SSSR count). The number of aryl methyl sites for hydroxylation is 1. The van der Waals surface area contributed by atoms with Gasteiger partial charge in [-0.3, -0.25) is 9.78 Å². The van der Waals surface area contributed by atoms with Gasteiger partial charge < -0.3 is 14.8 Å². The third-order valence-corrected chi connectivity index (χ3v) is 4.00. The van der Waals surface area contributed by atoms with Crippen LogP contribution in [0.15, 0.2) is 73.1 Å². The molecule has 0 bridgehead atoms. The molecule has 6 heteroatoms. The number of rotatable bonds is 8. The number of hydrogen-bond acceptors (Lipinski definition) is 4. The zero-order chi connectivity index (χ0) is 20.5. The minimum absolute atomic E-state index is 0.0907. The van der Waals surface area contributed by atoms with Crippen LogP contribution in [0.2, 0.25) is 0 Å². The zero-order valence-electron chi connectivity index (χ0n) is 16.0. The van der Waals surface area contributed by atoms with Crippen molar-refractivity contribution in [3.05, 3.63) is 90.0 Å². The molecule has 0 radical (unpaired) electrons. The summed E-state index contributed by atoms with van der Waals surface area (Å²) in [6.45, 7) is 2.69. The highest BCUT2D eigenvalue weighted by atomic mass is 19.1. The summed E-state index contributed by atoms with van der Waals surface area (Å²) in [7, 11) is 0. The first-order chi connectivity index (χ1) is 14.1. The Kier molecular flexibility index (Phi) is 6.95. The summed E-state index contributed by atoms with van der Waals surface area (Å²) in [6.07, 6.45) is 6.00. The molecule has 0 aliphatic heterocycles. The number of benzene rings is 2. The van der Waals surface area contributed by atoms with Gasteiger partial charge in [0.1, 0.15) is 18.1 Å². The topological polar surface area (TPSA) is 60.5 Å². The van der Waals surface area contributed by atoms with Crippen molar-refractivity contribution in [3.8, 4) is 17.2 Å². The van der Waals surface area contributed by atoms with E-state index in [9.17, 15) is 9.18 Å². The maximum absolute atomic E-state index is 14.2. The van der Waals surface area contributed by atoms with E-state index in [0.717, 1.165) is 11.3 Å². The molecule has 5 nitrogen and oxygen atoms in total. The predicted molar refractivity (Wildman–Crippen MR) is 109 cm³/mol. The van der Waals surface area contributed by atoms with Gasteiger partial charge in [0, 0.05) is 12.3 Å². The summed E-state index contributed by atoms with van der Waals surface area (Å²) in [5, 5.41) is 2.73. The molecule has 0 atom stereocenters. The number of amides is 1. The van der Waals surface area contributed by atoms with Crippen molar-refractivity contribution < 1.29 is 18.7 Å². The molecule has 1 aromatic heterocycles. The minimum atomic E-state index is -0.525. The average molecular weight is 392 g/mol. The van der Waals surface area contributed by atoms with Gasteiger partial charge in [-0.1, -0.05) is 24.3 Å². The number of nitrogens with one attached hydrogen (secondary N) is 1. The lowest BCUT2D eigenvalue weighted by Gasteiger charge is -2.08. The van der Waals surface area contributed by atoms with E-state index in [1.807, 2.05) is 31.2 Å². The van der Waals surface area contributed by atoms with Gasteiger partial charge in [-0.15, -0.1) is 0 Å². The number of hydrogen-bond donors (Lipinski definition) is 1. The lowest BCUT2D eigenvalue weighted by atomic mass is 10.2. The number of carbonyl (C=O) groups excluding carboxylic acids is 1. The number of pyridine rings is 1. The normalized spacial score (nSPS) is 10.7. The van der Waals surface area contributed by atoms with Crippen LogP contribution >= 0.6 is 0 Å². The largest absolute Gasteiger partial charge is 0.491 e. The second-order valence-corrected chi connectivity index (χ2v) is 6.22. The molecule has 1 amide bonds. The second kappa shape index (κ2) is 10.0. The molecule has 1 N–H and O–H groups in total. The Morgan fingerprint density at radius 2 is 2.00 bits per heavy atom. The van der Waals surface area contributed by atoms with Gasteiger partial charge in [0.2, 0.25) is 5.91 Å². The molecule has 0 saturated carbocycles. The summed E-state index contributed by atoms with van der Waals surface area (Å²) in [5.74, 6) is 0.522. The van der Waals surface area contributed by atoms with E-state index in [2.05, 4.69) is 10.3 Å². The van der Waals surface area contributed by atoms with Crippen LogP contribution in [0.1, 0.15) is 11.1 Å². The standard InChI is InChI=1S/C23H21FN2O3/c1-17-5-2-3-7-21(17)28-14-13-26-23(27)11-9-18-8-10-22(20(24)15-18)29-19-6-4-12-25-16-19/h2-12,15-16H,13-14H2,1H3,(H,26,27)/b11-9+. The molecule has 0 spiro atoms. The van der Waals surface area contributed by atoms with Gasteiger partial charge in [0.05, 0.1) is 12.7 Å². The Hall–Kier alpha value is -3.67. The maximum atomic E-state index is 14.2. The first kappa shape index (κ1) is 20.1. The van der Waals surface area contributed by atoms with E-state index in [-0.39, 0.29) is 11.7 Å². The first-order valence-electron chi connectivity index (χ1n) is 9.13. The molecule has 1 heterocycles. The van der Waals surface area contributed by atoms with Gasteiger partial charge in [-0.25, -0.2) is 4.39 Å². The highest BCUT2D eigenvalue weighted by Gasteiger charge is 2.06.